The molecule has 2 rings (SSSR count). The highest BCUT2D eigenvalue weighted by atomic mass is 32.2. The quantitative estimate of drug-likeness (QED) is 0.867. The third-order valence-electron chi connectivity index (χ3n) is 3.57. The van der Waals surface area contributed by atoms with Gasteiger partial charge in [-0.25, -0.2) is 13.1 Å². The SMILES string of the molecule is O=C(O)C1CCCC(NS(=O)(=O)Cc2ccccc2)C1. The van der Waals surface area contributed by atoms with E-state index in [-0.39, 0.29) is 11.8 Å². The van der Waals surface area contributed by atoms with E-state index in [0.717, 1.165) is 12.0 Å². The molecule has 0 radical (unpaired) electrons. The highest BCUT2D eigenvalue weighted by Crippen LogP contribution is 2.25. The van der Waals surface area contributed by atoms with Gasteiger partial charge in [0.15, 0.2) is 0 Å². The molecule has 2 atom stereocenters. The molecule has 0 saturated heterocycles. The van der Waals surface area contributed by atoms with Crippen molar-refractivity contribution >= 4 is 16.0 Å². The van der Waals surface area contributed by atoms with E-state index in [4.69, 9.17) is 5.11 Å². The molecule has 1 aliphatic rings. The second-order valence-corrected chi connectivity index (χ2v) is 7.02. The Morgan fingerprint density at radius 1 is 1.25 bits per heavy atom. The van der Waals surface area contributed by atoms with Gasteiger partial charge in [-0.15, -0.1) is 0 Å². The van der Waals surface area contributed by atoms with Gasteiger partial charge in [0.25, 0.3) is 0 Å². The molecule has 0 amide bonds. The lowest BCUT2D eigenvalue weighted by atomic mass is 9.86. The second-order valence-electron chi connectivity index (χ2n) is 5.26. The Labute approximate surface area is 119 Å². The van der Waals surface area contributed by atoms with Crippen molar-refractivity contribution in [2.75, 3.05) is 0 Å². The van der Waals surface area contributed by atoms with Gasteiger partial charge in [0.05, 0.1) is 11.7 Å². The zero-order valence-electron chi connectivity index (χ0n) is 11.2. The van der Waals surface area contributed by atoms with Crippen molar-refractivity contribution in [2.45, 2.75) is 37.5 Å². The predicted octanol–water partition coefficient (Wildman–Crippen LogP) is 1.75. The Balaban J connectivity index is 1.96. The fourth-order valence-corrected chi connectivity index (χ4v) is 4.05. The summed E-state index contributed by atoms with van der Waals surface area (Å²) in [6.45, 7) is 0. The van der Waals surface area contributed by atoms with E-state index in [1.165, 1.54) is 0 Å². The molecule has 2 N–H and O–H groups in total. The average molecular weight is 297 g/mol. The van der Waals surface area contributed by atoms with Crippen LogP contribution in [0.2, 0.25) is 0 Å². The number of benzene rings is 1. The second kappa shape index (κ2) is 6.37. The Morgan fingerprint density at radius 2 is 1.95 bits per heavy atom. The van der Waals surface area contributed by atoms with Crippen LogP contribution in [0.5, 0.6) is 0 Å². The monoisotopic (exact) mass is 297 g/mol. The van der Waals surface area contributed by atoms with Crippen LogP contribution < -0.4 is 4.72 Å². The van der Waals surface area contributed by atoms with Crippen LogP contribution in [0.4, 0.5) is 0 Å². The highest BCUT2D eigenvalue weighted by Gasteiger charge is 2.29. The summed E-state index contributed by atoms with van der Waals surface area (Å²) in [6, 6.07) is 8.69. The number of hydrogen-bond donors (Lipinski definition) is 2. The van der Waals surface area contributed by atoms with E-state index in [1.807, 2.05) is 6.07 Å². The minimum absolute atomic E-state index is 0.0674. The molecule has 2 unspecified atom stereocenters. The summed E-state index contributed by atoms with van der Waals surface area (Å²) in [5.74, 6) is -1.34. The van der Waals surface area contributed by atoms with Crippen LogP contribution >= 0.6 is 0 Å². The summed E-state index contributed by atoms with van der Waals surface area (Å²) in [5.41, 5.74) is 0.727. The number of rotatable bonds is 5. The topological polar surface area (TPSA) is 83.5 Å². The molecule has 0 bridgehead atoms. The van der Waals surface area contributed by atoms with E-state index < -0.39 is 21.9 Å². The van der Waals surface area contributed by atoms with Gasteiger partial charge >= 0.3 is 5.97 Å². The van der Waals surface area contributed by atoms with Crippen LogP contribution in [0.3, 0.4) is 0 Å². The van der Waals surface area contributed by atoms with Crippen LogP contribution in [0.15, 0.2) is 30.3 Å². The fourth-order valence-electron chi connectivity index (χ4n) is 2.61. The highest BCUT2D eigenvalue weighted by molar-refractivity contribution is 7.88. The fraction of sp³-hybridized carbons (Fsp3) is 0.500. The normalized spacial score (nSPS) is 23.4. The molecular formula is C14H19NO4S. The smallest absolute Gasteiger partial charge is 0.306 e. The Hall–Kier alpha value is -1.40. The number of carboxylic acids is 1. The Bertz CT molecular complexity index is 556. The molecule has 20 heavy (non-hydrogen) atoms. The van der Waals surface area contributed by atoms with E-state index in [2.05, 4.69) is 4.72 Å². The minimum atomic E-state index is -3.43. The summed E-state index contributed by atoms with van der Waals surface area (Å²) < 4.78 is 26.8. The first-order chi connectivity index (χ1) is 9.46. The van der Waals surface area contributed by atoms with Gasteiger partial charge in [0.2, 0.25) is 10.0 Å². The Morgan fingerprint density at radius 3 is 2.60 bits per heavy atom. The predicted molar refractivity (Wildman–Crippen MR) is 75.6 cm³/mol. The number of sulfonamides is 1. The zero-order valence-corrected chi connectivity index (χ0v) is 12.0. The number of carbonyl (C=O) groups is 1. The van der Waals surface area contributed by atoms with E-state index in [1.54, 1.807) is 24.3 Å². The van der Waals surface area contributed by atoms with Crippen molar-refractivity contribution < 1.29 is 18.3 Å². The van der Waals surface area contributed by atoms with E-state index in [9.17, 15) is 13.2 Å². The third-order valence-corrected chi connectivity index (χ3v) is 4.98. The van der Waals surface area contributed by atoms with Gasteiger partial charge in [0.1, 0.15) is 0 Å². The summed E-state index contributed by atoms with van der Waals surface area (Å²) in [6.07, 6.45) is 2.46. The van der Waals surface area contributed by atoms with Crippen LogP contribution in [-0.4, -0.2) is 25.5 Å². The first-order valence-electron chi connectivity index (χ1n) is 6.73. The van der Waals surface area contributed by atoms with Crippen molar-refractivity contribution in [3.63, 3.8) is 0 Å². The lowest BCUT2D eigenvalue weighted by Crippen LogP contribution is -2.40. The van der Waals surface area contributed by atoms with Crippen LogP contribution in [0.1, 0.15) is 31.2 Å². The molecule has 0 heterocycles. The number of aliphatic carboxylic acids is 1. The average Bonchev–Trinajstić information content (AvgIpc) is 2.39. The maximum Gasteiger partial charge on any atom is 0.306 e. The van der Waals surface area contributed by atoms with Gasteiger partial charge in [0, 0.05) is 6.04 Å². The molecule has 1 aromatic carbocycles. The van der Waals surface area contributed by atoms with E-state index >= 15 is 0 Å². The molecule has 1 aromatic rings. The van der Waals surface area contributed by atoms with Gasteiger partial charge in [-0.1, -0.05) is 36.8 Å². The van der Waals surface area contributed by atoms with Crippen LogP contribution in [0, 0.1) is 5.92 Å². The van der Waals surface area contributed by atoms with Crippen LogP contribution in [-0.2, 0) is 20.6 Å². The molecule has 1 fully saturated rings. The minimum Gasteiger partial charge on any atom is -0.481 e. The Kier molecular flexibility index (Phi) is 4.77. The molecule has 0 spiro atoms. The van der Waals surface area contributed by atoms with Crippen molar-refractivity contribution in [2.24, 2.45) is 5.92 Å². The largest absolute Gasteiger partial charge is 0.481 e. The number of carboxylic acid groups (broad SMARTS) is 1. The summed E-state index contributed by atoms with van der Waals surface area (Å²) in [7, 11) is -3.43. The standard InChI is InChI=1S/C14H19NO4S/c16-14(17)12-7-4-8-13(9-12)15-20(18,19)10-11-5-2-1-3-6-11/h1-3,5-6,12-13,15H,4,7-10H2,(H,16,17). The van der Waals surface area contributed by atoms with Gasteiger partial charge in [-0.2, -0.15) is 0 Å². The summed E-state index contributed by atoms with van der Waals surface area (Å²) in [4.78, 5) is 11.0. The lowest BCUT2D eigenvalue weighted by Gasteiger charge is -2.27. The molecule has 6 heteroatoms. The lowest BCUT2D eigenvalue weighted by molar-refractivity contribution is -0.143. The first kappa shape index (κ1) is 15.0. The molecule has 0 aromatic heterocycles. The van der Waals surface area contributed by atoms with Crippen molar-refractivity contribution in [3.05, 3.63) is 35.9 Å². The van der Waals surface area contributed by atoms with Gasteiger partial charge in [-0.3, -0.25) is 4.79 Å². The molecular weight excluding hydrogens is 278 g/mol. The summed E-state index contributed by atoms with van der Waals surface area (Å²) in [5, 5.41) is 9.01. The van der Waals surface area contributed by atoms with Crippen molar-refractivity contribution in [3.8, 4) is 0 Å². The van der Waals surface area contributed by atoms with Crippen molar-refractivity contribution in [1.82, 2.24) is 4.72 Å². The van der Waals surface area contributed by atoms with E-state index in [0.29, 0.717) is 19.3 Å². The molecule has 0 aliphatic heterocycles. The van der Waals surface area contributed by atoms with Gasteiger partial charge in [-0.05, 0) is 24.8 Å². The number of hydrogen-bond acceptors (Lipinski definition) is 3. The molecule has 1 saturated carbocycles. The summed E-state index contributed by atoms with van der Waals surface area (Å²) >= 11 is 0. The molecule has 5 nitrogen and oxygen atoms in total. The van der Waals surface area contributed by atoms with Crippen molar-refractivity contribution in [1.29, 1.82) is 0 Å². The van der Waals surface area contributed by atoms with Crippen LogP contribution in [0.25, 0.3) is 0 Å². The maximum absolute atomic E-state index is 12.1. The maximum atomic E-state index is 12.1. The molecule has 110 valence electrons. The number of nitrogens with one attached hydrogen (secondary N) is 1. The van der Waals surface area contributed by atoms with Gasteiger partial charge < -0.3 is 5.11 Å². The first-order valence-corrected chi connectivity index (χ1v) is 8.38. The molecule has 1 aliphatic carbocycles. The zero-order chi connectivity index (χ0) is 14.6. The third kappa shape index (κ3) is 4.31.